The molecule has 1 aliphatic rings. The summed E-state index contributed by atoms with van der Waals surface area (Å²) in [6.45, 7) is 4.07. The van der Waals surface area contributed by atoms with E-state index in [0.29, 0.717) is 0 Å². The molecule has 4 nitrogen and oxygen atoms in total. The molecule has 1 rings (SSSR count). The zero-order valence-electron chi connectivity index (χ0n) is 8.45. The highest BCUT2D eigenvalue weighted by Crippen LogP contribution is 2.06. The molecular formula is C9H18N2O2. The van der Waals surface area contributed by atoms with E-state index in [1.165, 1.54) is 33.0 Å². The Kier molecular flexibility index (Phi) is 4.02. The normalized spacial score (nSPS) is 17.4. The molecule has 0 radical (unpaired) electrons. The van der Waals surface area contributed by atoms with Gasteiger partial charge in [-0.1, -0.05) is 0 Å². The zero-order valence-corrected chi connectivity index (χ0v) is 8.45. The number of nitrogens with zero attached hydrogens (tertiary/aromatic N) is 2. The SMILES string of the molecule is COC(=O)N(C)CCN1CCCC1. The Morgan fingerprint density at radius 1 is 1.46 bits per heavy atom. The highest BCUT2D eigenvalue weighted by atomic mass is 16.5. The minimum Gasteiger partial charge on any atom is -0.453 e. The minimum absolute atomic E-state index is 0.251. The molecule has 76 valence electrons. The third kappa shape index (κ3) is 3.22. The van der Waals surface area contributed by atoms with Crippen LogP contribution in [0.4, 0.5) is 4.79 Å². The highest BCUT2D eigenvalue weighted by Gasteiger charge is 2.13. The lowest BCUT2D eigenvalue weighted by Gasteiger charge is -2.20. The topological polar surface area (TPSA) is 32.8 Å². The van der Waals surface area contributed by atoms with Gasteiger partial charge in [-0.25, -0.2) is 4.79 Å². The summed E-state index contributed by atoms with van der Waals surface area (Å²) in [4.78, 5) is 15.0. The minimum atomic E-state index is -0.251. The lowest BCUT2D eigenvalue weighted by Crippen LogP contribution is -2.35. The number of hydrogen-bond acceptors (Lipinski definition) is 3. The monoisotopic (exact) mass is 186 g/mol. The number of carbonyl (C=O) groups excluding carboxylic acids is 1. The molecule has 4 heteroatoms. The van der Waals surface area contributed by atoms with Gasteiger partial charge >= 0.3 is 6.09 Å². The van der Waals surface area contributed by atoms with Gasteiger partial charge in [-0.05, 0) is 25.9 Å². The Labute approximate surface area is 79.4 Å². The van der Waals surface area contributed by atoms with E-state index in [2.05, 4.69) is 9.64 Å². The average molecular weight is 186 g/mol. The van der Waals surface area contributed by atoms with E-state index in [-0.39, 0.29) is 6.09 Å². The summed E-state index contributed by atoms with van der Waals surface area (Å²) in [5.41, 5.74) is 0. The standard InChI is InChI=1S/C9H18N2O2/c1-10(9(12)13-2)7-8-11-5-3-4-6-11/h3-8H2,1-2H3. The van der Waals surface area contributed by atoms with Crippen LogP contribution in [0.5, 0.6) is 0 Å². The first-order chi connectivity index (χ1) is 6.24. The van der Waals surface area contributed by atoms with Gasteiger partial charge in [0.1, 0.15) is 0 Å². The molecule has 0 aliphatic carbocycles. The van der Waals surface area contributed by atoms with Gasteiger partial charge in [0.25, 0.3) is 0 Å². The third-order valence-electron chi connectivity index (χ3n) is 2.44. The van der Waals surface area contributed by atoms with Crippen LogP contribution in [0.1, 0.15) is 12.8 Å². The summed E-state index contributed by atoms with van der Waals surface area (Å²) in [6.07, 6.45) is 2.34. The molecule has 0 N–H and O–H groups in total. The van der Waals surface area contributed by atoms with Crippen molar-refractivity contribution < 1.29 is 9.53 Å². The van der Waals surface area contributed by atoms with E-state index in [0.717, 1.165) is 13.1 Å². The zero-order chi connectivity index (χ0) is 9.68. The molecule has 13 heavy (non-hydrogen) atoms. The fourth-order valence-electron chi connectivity index (χ4n) is 1.54. The molecule has 1 amide bonds. The van der Waals surface area contributed by atoms with Crippen LogP contribution in [0, 0.1) is 0 Å². The molecule has 0 aromatic rings. The second kappa shape index (κ2) is 5.07. The van der Waals surface area contributed by atoms with Crippen LogP contribution in [-0.4, -0.2) is 56.2 Å². The Balaban J connectivity index is 2.13. The van der Waals surface area contributed by atoms with E-state index >= 15 is 0 Å². The average Bonchev–Trinajstić information content (AvgIpc) is 2.65. The van der Waals surface area contributed by atoms with E-state index in [9.17, 15) is 4.79 Å². The number of likely N-dealkylation sites (tertiary alicyclic amines) is 1. The lowest BCUT2D eigenvalue weighted by molar-refractivity contribution is 0.129. The van der Waals surface area contributed by atoms with E-state index in [1.807, 2.05) is 0 Å². The second-order valence-electron chi connectivity index (χ2n) is 3.44. The smallest absolute Gasteiger partial charge is 0.409 e. The van der Waals surface area contributed by atoms with Crippen molar-refractivity contribution in [3.63, 3.8) is 0 Å². The van der Waals surface area contributed by atoms with E-state index < -0.39 is 0 Å². The molecule has 1 fully saturated rings. The van der Waals surface area contributed by atoms with Crippen molar-refractivity contribution in [2.45, 2.75) is 12.8 Å². The number of rotatable bonds is 3. The molecule has 0 saturated carbocycles. The van der Waals surface area contributed by atoms with Crippen LogP contribution in [0.3, 0.4) is 0 Å². The van der Waals surface area contributed by atoms with E-state index in [1.54, 1.807) is 11.9 Å². The molecule has 0 aromatic carbocycles. The molecule has 0 bridgehead atoms. The Bertz CT molecular complexity index is 167. The molecule has 1 saturated heterocycles. The highest BCUT2D eigenvalue weighted by molar-refractivity contribution is 5.66. The van der Waals surface area contributed by atoms with Gasteiger partial charge in [-0.15, -0.1) is 0 Å². The fraction of sp³-hybridized carbons (Fsp3) is 0.889. The molecular weight excluding hydrogens is 168 g/mol. The quantitative estimate of drug-likeness (QED) is 0.653. The van der Waals surface area contributed by atoms with Crippen molar-refractivity contribution in [2.75, 3.05) is 40.3 Å². The van der Waals surface area contributed by atoms with E-state index in [4.69, 9.17) is 0 Å². The Morgan fingerprint density at radius 2 is 2.08 bits per heavy atom. The molecule has 0 unspecified atom stereocenters. The molecule has 0 atom stereocenters. The number of carbonyl (C=O) groups is 1. The first-order valence-corrected chi connectivity index (χ1v) is 4.75. The number of likely N-dealkylation sites (N-methyl/N-ethyl adjacent to an activating group) is 1. The second-order valence-corrected chi connectivity index (χ2v) is 3.44. The molecule has 1 aliphatic heterocycles. The van der Waals surface area contributed by atoms with Crippen LogP contribution < -0.4 is 0 Å². The summed E-state index contributed by atoms with van der Waals surface area (Å²) in [7, 11) is 3.18. The van der Waals surface area contributed by atoms with Crippen LogP contribution >= 0.6 is 0 Å². The Morgan fingerprint density at radius 3 is 2.62 bits per heavy atom. The summed E-state index contributed by atoms with van der Waals surface area (Å²) < 4.78 is 4.60. The number of methoxy groups -OCH3 is 1. The van der Waals surface area contributed by atoms with Gasteiger partial charge in [0, 0.05) is 20.1 Å². The third-order valence-corrected chi connectivity index (χ3v) is 2.44. The van der Waals surface area contributed by atoms with Gasteiger partial charge in [0.2, 0.25) is 0 Å². The van der Waals surface area contributed by atoms with Crippen molar-refractivity contribution in [2.24, 2.45) is 0 Å². The van der Waals surface area contributed by atoms with Gasteiger partial charge in [0.15, 0.2) is 0 Å². The molecule has 1 heterocycles. The van der Waals surface area contributed by atoms with Crippen LogP contribution in [0.25, 0.3) is 0 Å². The van der Waals surface area contributed by atoms with Crippen LogP contribution in [0.2, 0.25) is 0 Å². The van der Waals surface area contributed by atoms with Gasteiger partial charge in [-0.3, -0.25) is 0 Å². The first kappa shape index (κ1) is 10.3. The summed E-state index contributed by atoms with van der Waals surface area (Å²) in [5.74, 6) is 0. The van der Waals surface area contributed by atoms with Crippen molar-refractivity contribution in [3.8, 4) is 0 Å². The molecule has 0 aromatic heterocycles. The fourth-order valence-corrected chi connectivity index (χ4v) is 1.54. The summed E-state index contributed by atoms with van der Waals surface area (Å²) in [5, 5.41) is 0. The van der Waals surface area contributed by atoms with Crippen molar-refractivity contribution in [1.29, 1.82) is 0 Å². The van der Waals surface area contributed by atoms with Crippen molar-refractivity contribution >= 4 is 6.09 Å². The number of amides is 1. The van der Waals surface area contributed by atoms with Gasteiger partial charge < -0.3 is 14.5 Å². The number of ether oxygens (including phenoxy) is 1. The molecule has 0 spiro atoms. The first-order valence-electron chi connectivity index (χ1n) is 4.75. The van der Waals surface area contributed by atoms with Gasteiger partial charge in [0.05, 0.1) is 7.11 Å². The predicted octanol–water partition coefficient (Wildman–Crippen LogP) is 0.780. The lowest BCUT2D eigenvalue weighted by atomic mass is 10.4. The summed E-state index contributed by atoms with van der Waals surface area (Å²) in [6, 6.07) is 0. The summed E-state index contributed by atoms with van der Waals surface area (Å²) >= 11 is 0. The largest absolute Gasteiger partial charge is 0.453 e. The van der Waals surface area contributed by atoms with Crippen LogP contribution in [0.15, 0.2) is 0 Å². The Hall–Kier alpha value is -0.770. The predicted molar refractivity (Wildman–Crippen MR) is 50.7 cm³/mol. The maximum atomic E-state index is 11.0. The maximum absolute atomic E-state index is 11.0. The maximum Gasteiger partial charge on any atom is 0.409 e. The van der Waals surface area contributed by atoms with Crippen molar-refractivity contribution in [3.05, 3.63) is 0 Å². The van der Waals surface area contributed by atoms with Crippen LogP contribution in [-0.2, 0) is 4.74 Å². The van der Waals surface area contributed by atoms with Gasteiger partial charge in [-0.2, -0.15) is 0 Å². The van der Waals surface area contributed by atoms with Crippen molar-refractivity contribution in [1.82, 2.24) is 9.80 Å². The number of hydrogen-bond donors (Lipinski definition) is 0.